The highest BCUT2D eigenvalue weighted by Crippen LogP contribution is 2.46. The summed E-state index contributed by atoms with van der Waals surface area (Å²) in [6.45, 7) is 0. The summed E-state index contributed by atoms with van der Waals surface area (Å²) in [6, 6.07) is 39.9. The fourth-order valence-electron chi connectivity index (χ4n) is 6.10. The van der Waals surface area contributed by atoms with Crippen molar-refractivity contribution in [2.24, 2.45) is 0 Å². The van der Waals surface area contributed by atoms with Crippen molar-refractivity contribution in [2.45, 2.75) is 0 Å². The van der Waals surface area contributed by atoms with Gasteiger partial charge in [0.25, 0.3) is 0 Å². The third-order valence-electron chi connectivity index (χ3n) is 8.01. The van der Waals surface area contributed by atoms with Crippen molar-refractivity contribution in [3.8, 4) is 34.2 Å². The van der Waals surface area contributed by atoms with Crippen LogP contribution in [-0.4, -0.2) is 15.0 Å². The Labute approximate surface area is 250 Å². The molecule has 0 unspecified atom stereocenters. The van der Waals surface area contributed by atoms with Gasteiger partial charge >= 0.3 is 0 Å². The predicted octanol–water partition coefficient (Wildman–Crippen LogP) is 10.5. The minimum atomic E-state index is 0.473. The van der Waals surface area contributed by atoms with Gasteiger partial charge in [0.15, 0.2) is 17.5 Å². The van der Waals surface area contributed by atoms with E-state index in [4.69, 9.17) is 35.4 Å². The van der Waals surface area contributed by atoms with Gasteiger partial charge in [0, 0.05) is 43.4 Å². The highest BCUT2D eigenvalue weighted by molar-refractivity contribution is 6.42. The smallest absolute Gasteiger partial charge is 0.166 e. The second-order valence-electron chi connectivity index (χ2n) is 10.5. The number of fused-ring (bicyclic) bond motifs is 8. The lowest BCUT2D eigenvalue weighted by Crippen LogP contribution is -2.01. The van der Waals surface area contributed by atoms with Gasteiger partial charge in [0.2, 0.25) is 0 Å². The lowest BCUT2D eigenvalue weighted by atomic mass is 9.99. The molecule has 5 nitrogen and oxygen atoms in total. The molecule has 0 aliphatic carbocycles. The van der Waals surface area contributed by atoms with Crippen LogP contribution in [0.5, 0.6) is 0 Å². The molecule has 0 aliphatic rings. The van der Waals surface area contributed by atoms with Crippen LogP contribution in [0.15, 0.2) is 130 Å². The van der Waals surface area contributed by atoms with E-state index in [2.05, 4.69) is 6.07 Å². The van der Waals surface area contributed by atoms with Crippen LogP contribution in [0.4, 0.5) is 0 Å². The summed E-state index contributed by atoms with van der Waals surface area (Å²) in [4.78, 5) is 15.2. The first kappa shape index (κ1) is 24.1. The number of furan rings is 2. The van der Waals surface area contributed by atoms with Gasteiger partial charge in [-0.15, -0.1) is 0 Å². The van der Waals surface area contributed by atoms with Crippen LogP contribution in [0.1, 0.15) is 0 Å². The molecule has 0 N–H and O–H groups in total. The van der Waals surface area contributed by atoms with Crippen LogP contribution in [0.2, 0.25) is 5.02 Å². The first-order valence-corrected chi connectivity index (χ1v) is 14.4. The van der Waals surface area contributed by atoms with Crippen molar-refractivity contribution in [2.75, 3.05) is 0 Å². The average Bonchev–Trinajstić information content (AvgIpc) is 3.64. The molecule has 3 aromatic heterocycles. The fraction of sp³-hybridized carbons (Fsp3) is 0. The maximum Gasteiger partial charge on any atom is 0.166 e. The van der Waals surface area contributed by atoms with Crippen molar-refractivity contribution in [1.82, 2.24) is 15.0 Å². The van der Waals surface area contributed by atoms with E-state index in [-0.39, 0.29) is 0 Å². The lowest BCUT2D eigenvalue weighted by molar-refractivity contribution is 0.669. The molecule has 202 valence electrons. The zero-order chi connectivity index (χ0) is 28.5. The van der Waals surface area contributed by atoms with Crippen molar-refractivity contribution in [3.05, 3.63) is 126 Å². The van der Waals surface area contributed by atoms with E-state index in [0.717, 1.165) is 65.8 Å². The van der Waals surface area contributed by atoms with Gasteiger partial charge in [-0.2, -0.15) is 0 Å². The second kappa shape index (κ2) is 9.24. The summed E-state index contributed by atoms with van der Waals surface area (Å²) in [5.74, 6) is 1.56. The summed E-state index contributed by atoms with van der Waals surface area (Å²) in [5.41, 5.74) is 5.56. The summed E-state index contributed by atoms with van der Waals surface area (Å²) in [6.07, 6.45) is 0. The maximum absolute atomic E-state index is 7.31. The van der Waals surface area contributed by atoms with E-state index >= 15 is 0 Å². The molecule has 6 aromatic carbocycles. The Bertz CT molecular complexity index is 2530. The third-order valence-corrected chi connectivity index (χ3v) is 8.40. The Morgan fingerprint density at radius 1 is 0.442 bits per heavy atom. The Morgan fingerprint density at radius 2 is 1.02 bits per heavy atom. The molecule has 43 heavy (non-hydrogen) atoms. The zero-order valence-corrected chi connectivity index (χ0v) is 23.3. The van der Waals surface area contributed by atoms with Gasteiger partial charge in [0.05, 0.1) is 10.6 Å². The van der Waals surface area contributed by atoms with Crippen LogP contribution >= 0.6 is 11.6 Å². The second-order valence-corrected chi connectivity index (χ2v) is 10.9. The Balaban J connectivity index is 1.43. The number of hydrogen-bond donors (Lipinski definition) is 0. The molecule has 0 saturated carbocycles. The molecule has 9 aromatic rings. The lowest BCUT2D eigenvalue weighted by Gasteiger charge is -2.13. The molecule has 6 heteroatoms. The van der Waals surface area contributed by atoms with Gasteiger partial charge in [-0.3, -0.25) is 0 Å². The first-order chi connectivity index (χ1) is 21.2. The highest BCUT2D eigenvalue weighted by Gasteiger charge is 2.24. The maximum atomic E-state index is 7.31. The van der Waals surface area contributed by atoms with Crippen LogP contribution < -0.4 is 0 Å². The predicted molar refractivity (Wildman–Crippen MR) is 173 cm³/mol. The van der Waals surface area contributed by atoms with Crippen molar-refractivity contribution >= 4 is 66.3 Å². The molecule has 0 radical (unpaired) electrons. The molecule has 9 rings (SSSR count). The minimum Gasteiger partial charge on any atom is -0.456 e. The Kier molecular flexibility index (Phi) is 5.18. The van der Waals surface area contributed by atoms with Crippen molar-refractivity contribution in [1.29, 1.82) is 0 Å². The Morgan fingerprint density at radius 3 is 1.81 bits per heavy atom. The highest BCUT2D eigenvalue weighted by atomic mass is 35.5. The van der Waals surface area contributed by atoms with Gasteiger partial charge < -0.3 is 8.83 Å². The summed E-state index contributed by atoms with van der Waals surface area (Å²) in [7, 11) is 0. The van der Waals surface area contributed by atoms with E-state index < -0.39 is 0 Å². The summed E-state index contributed by atoms with van der Waals surface area (Å²) < 4.78 is 12.7. The van der Waals surface area contributed by atoms with E-state index in [1.54, 1.807) is 0 Å². The third kappa shape index (κ3) is 3.62. The van der Waals surface area contributed by atoms with Gasteiger partial charge in [0.1, 0.15) is 22.3 Å². The van der Waals surface area contributed by atoms with Crippen LogP contribution in [0.25, 0.3) is 88.8 Å². The quantitative estimate of drug-likeness (QED) is 0.210. The monoisotopic (exact) mass is 573 g/mol. The minimum absolute atomic E-state index is 0.473. The van der Waals surface area contributed by atoms with E-state index in [1.165, 1.54) is 0 Å². The van der Waals surface area contributed by atoms with Crippen LogP contribution in [-0.2, 0) is 0 Å². The standard InChI is InChI=1S/C37H20ClN3O2/c38-33-22-13-4-5-14-23(22)34-31(25-16-7-9-19-28(25)43-34)32(33)37-40-35(21-11-2-1-3-12-21)39-36(41-37)26-17-10-20-29-30(26)24-15-6-8-18-27(24)42-29/h1-20H. The molecule has 0 atom stereocenters. The largest absolute Gasteiger partial charge is 0.456 e. The van der Waals surface area contributed by atoms with Gasteiger partial charge in [-0.1, -0.05) is 115 Å². The van der Waals surface area contributed by atoms with Gasteiger partial charge in [-0.25, -0.2) is 15.0 Å². The summed E-state index contributed by atoms with van der Waals surface area (Å²) >= 11 is 7.31. The van der Waals surface area contributed by atoms with Crippen molar-refractivity contribution < 1.29 is 8.83 Å². The zero-order valence-electron chi connectivity index (χ0n) is 22.6. The number of hydrogen-bond acceptors (Lipinski definition) is 5. The van der Waals surface area contributed by atoms with Crippen LogP contribution in [0.3, 0.4) is 0 Å². The SMILES string of the molecule is Clc1c(-c2nc(-c3ccccc3)nc(-c3cccc4oc5ccccc5c34)n2)c2c3ccccc3oc2c2ccccc12. The average molecular weight is 574 g/mol. The molecule has 0 spiro atoms. The summed E-state index contributed by atoms with van der Waals surface area (Å²) in [5, 5.41) is 6.17. The molecular weight excluding hydrogens is 554 g/mol. The molecular formula is C37H20ClN3O2. The van der Waals surface area contributed by atoms with Crippen LogP contribution in [0, 0.1) is 0 Å². The number of para-hydroxylation sites is 2. The molecule has 0 amide bonds. The van der Waals surface area contributed by atoms with E-state index in [0.29, 0.717) is 28.1 Å². The number of aromatic nitrogens is 3. The first-order valence-electron chi connectivity index (χ1n) is 14.0. The fourth-order valence-corrected chi connectivity index (χ4v) is 6.44. The molecule has 0 fully saturated rings. The van der Waals surface area contributed by atoms with E-state index in [1.807, 2.05) is 115 Å². The van der Waals surface area contributed by atoms with Gasteiger partial charge in [-0.05, 0) is 18.2 Å². The topological polar surface area (TPSA) is 65.0 Å². The Hall–Kier alpha value is -5.52. The van der Waals surface area contributed by atoms with E-state index in [9.17, 15) is 0 Å². The molecule has 0 saturated heterocycles. The molecule has 0 bridgehead atoms. The number of rotatable bonds is 3. The number of benzene rings is 6. The molecule has 0 aliphatic heterocycles. The van der Waals surface area contributed by atoms with Crippen molar-refractivity contribution in [3.63, 3.8) is 0 Å². The number of halogens is 1. The number of nitrogens with zero attached hydrogens (tertiary/aromatic N) is 3. The normalized spacial score (nSPS) is 11.8. The molecule has 3 heterocycles.